The van der Waals surface area contributed by atoms with Crippen molar-refractivity contribution in [3.63, 3.8) is 0 Å². The molecular formula is C43H78NO7P. The molecule has 0 bridgehead atoms. The van der Waals surface area contributed by atoms with Crippen molar-refractivity contribution in [3.8, 4) is 0 Å². The van der Waals surface area contributed by atoms with E-state index in [0.717, 1.165) is 77.0 Å². The summed E-state index contributed by atoms with van der Waals surface area (Å²) in [6.45, 7) is 4.74. The van der Waals surface area contributed by atoms with Gasteiger partial charge in [0, 0.05) is 19.6 Å². The summed E-state index contributed by atoms with van der Waals surface area (Å²) < 4.78 is 33.4. The average molecular weight is 752 g/mol. The van der Waals surface area contributed by atoms with Crippen LogP contribution in [0.4, 0.5) is 0 Å². The Labute approximate surface area is 319 Å². The number of hydrogen-bond acceptors (Lipinski definition) is 7. The SMILES string of the molecule is CC/C=C\C/C=C\C/C=C\CCCCCCCCCC(=O)OC(COCCCCCCCC/C=C\C/C=C\CCCCC)COP(=O)(O)OCCN. The second kappa shape index (κ2) is 40.4. The van der Waals surface area contributed by atoms with Gasteiger partial charge in [-0.25, -0.2) is 4.57 Å². The normalized spacial score (nSPS) is 14.2. The van der Waals surface area contributed by atoms with E-state index in [9.17, 15) is 14.3 Å². The van der Waals surface area contributed by atoms with Crippen LogP contribution in [0.5, 0.6) is 0 Å². The molecule has 0 aliphatic carbocycles. The molecule has 0 fully saturated rings. The summed E-state index contributed by atoms with van der Waals surface area (Å²) in [4.78, 5) is 22.5. The van der Waals surface area contributed by atoms with Crippen molar-refractivity contribution in [2.24, 2.45) is 5.73 Å². The first-order valence-corrected chi connectivity index (χ1v) is 22.3. The zero-order valence-electron chi connectivity index (χ0n) is 33.3. The van der Waals surface area contributed by atoms with Gasteiger partial charge in [0.25, 0.3) is 0 Å². The Kier molecular flexibility index (Phi) is 39.0. The van der Waals surface area contributed by atoms with E-state index in [-0.39, 0.29) is 32.3 Å². The molecule has 0 radical (unpaired) electrons. The number of rotatable bonds is 39. The monoisotopic (exact) mass is 752 g/mol. The van der Waals surface area contributed by atoms with Crippen molar-refractivity contribution in [1.82, 2.24) is 0 Å². The van der Waals surface area contributed by atoms with Gasteiger partial charge in [0.2, 0.25) is 0 Å². The maximum Gasteiger partial charge on any atom is 0.472 e. The third-order valence-electron chi connectivity index (χ3n) is 8.42. The third kappa shape index (κ3) is 39.4. The van der Waals surface area contributed by atoms with Gasteiger partial charge in [0.05, 0.1) is 19.8 Å². The molecule has 0 aromatic carbocycles. The molecule has 0 amide bonds. The summed E-state index contributed by atoms with van der Waals surface area (Å²) in [5.41, 5.74) is 5.36. The molecule has 3 N–H and O–H groups in total. The van der Waals surface area contributed by atoms with Gasteiger partial charge < -0.3 is 20.1 Å². The fourth-order valence-corrected chi connectivity index (χ4v) is 6.16. The van der Waals surface area contributed by atoms with E-state index >= 15 is 0 Å². The number of allylic oxidation sites excluding steroid dienone is 10. The van der Waals surface area contributed by atoms with Crippen LogP contribution in [0.15, 0.2) is 60.8 Å². The molecule has 0 rings (SSSR count). The van der Waals surface area contributed by atoms with Gasteiger partial charge in [-0.1, -0.05) is 145 Å². The first-order chi connectivity index (χ1) is 25.4. The molecule has 302 valence electrons. The molecule has 2 unspecified atom stereocenters. The molecule has 0 aliphatic heterocycles. The lowest BCUT2D eigenvalue weighted by Crippen LogP contribution is -2.28. The maximum atomic E-state index is 12.6. The largest absolute Gasteiger partial charge is 0.472 e. The molecule has 0 heterocycles. The predicted molar refractivity (Wildman–Crippen MR) is 219 cm³/mol. The van der Waals surface area contributed by atoms with E-state index in [0.29, 0.717) is 13.0 Å². The summed E-state index contributed by atoms with van der Waals surface area (Å²) in [6.07, 6.45) is 48.0. The van der Waals surface area contributed by atoms with Crippen molar-refractivity contribution in [1.29, 1.82) is 0 Å². The summed E-state index contributed by atoms with van der Waals surface area (Å²) >= 11 is 0. The van der Waals surface area contributed by atoms with E-state index < -0.39 is 13.9 Å². The van der Waals surface area contributed by atoms with Gasteiger partial charge in [-0.3, -0.25) is 13.8 Å². The fourth-order valence-electron chi connectivity index (χ4n) is 5.39. The Balaban J connectivity index is 4.10. The van der Waals surface area contributed by atoms with Crippen molar-refractivity contribution in [3.05, 3.63) is 60.8 Å². The van der Waals surface area contributed by atoms with Gasteiger partial charge in [-0.15, -0.1) is 0 Å². The minimum Gasteiger partial charge on any atom is -0.457 e. The number of carbonyl (C=O) groups excluding carboxylic acids is 1. The van der Waals surface area contributed by atoms with Crippen LogP contribution in [0, 0.1) is 0 Å². The summed E-state index contributed by atoms with van der Waals surface area (Å²) in [7, 11) is -4.28. The highest BCUT2D eigenvalue weighted by Crippen LogP contribution is 2.43. The van der Waals surface area contributed by atoms with Gasteiger partial charge in [0.15, 0.2) is 0 Å². The lowest BCUT2D eigenvalue weighted by Gasteiger charge is -2.20. The molecule has 0 saturated carbocycles. The lowest BCUT2D eigenvalue weighted by molar-refractivity contribution is -0.154. The van der Waals surface area contributed by atoms with E-state index in [1.54, 1.807) is 0 Å². The molecule has 0 spiro atoms. The number of carbonyl (C=O) groups is 1. The minimum absolute atomic E-state index is 0.0940. The van der Waals surface area contributed by atoms with Crippen LogP contribution in [0.1, 0.15) is 168 Å². The second-order valence-electron chi connectivity index (χ2n) is 13.5. The molecular weight excluding hydrogens is 673 g/mol. The molecule has 0 aliphatic rings. The number of ether oxygens (including phenoxy) is 2. The standard InChI is InChI=1S/C43H78NO7P/c1-3-5-7-9-11-13-15-17-19-21-22-24-26-28-30-32-34-36-43(45)51-42(41-50-52(46,47)49-39-37-44)40-48-38-35-33-31-29-27-25-23-20-18-16-14-12-10-8-6-4-2/h5,7,11-14,17-20,42H,3-4,6,8-10,15-16,21-41,44H2,1-2H3,(H,46,47)/b7-5-,13-11-,14-12-,19-17-,20-18-. The van der Waals surface area contributed by atoms with Crippen LogP contribution < -0.4 is 5.73 Å². The smallest absolute Gasteiger partial charge is 0.457 e. The molecule has 52 heavy (non-hydrogen) atoms. The van der Waals surface area contributed by atoms with Crippen LogP contribution in [0.2, 0.25) is 0 Å². The highest BCUT2D eigenvalue weighted by Gasteiger charge is 2.25. The van der Waals surface area contributed by atoms with E-state index in [1.165, 1.54) is 70.6 Å². The highest BCUT2D eigenvalue weighted by molar-refractivity contribution is 7.47. The zero-order valence-corrected chi connectivity index (χ0v) is 34.2. The summed E-state index contributed by atoms with van der Waals surface area (Å²) in [5.74, 6) is -0.347. The summed E-state index contributed by atoms with van der Waals surface area (Å²) in [6, 6.07) is 0. The molecule has 2 atom stereocenters. The van der Waals surface area contributed by atoms with Gasteiger partial charge in [0.1, 0.15) is 6.10 Å². The van der Waals surface area contributed by atoms with E-state index in [1.807, 2.05) is 0 Å². The average Bonchev–Trinajstić information content (AvgIpc) is 3.13. The third-order valence-corrected chi connectivity index (χ3v) is 9.40. The molecule has 8 nitrogen and oxygen atoms in total. The molecule has 0 aromatic rings. The van der Waals surface area contributed by atoms with Crippen LogP contribution in [-0.2, 0) is 27.9 Å². The number of phosphoric acid groups is 1. The van der Waals surface area contributed by atoms with Crippen molar-refractivity contribution < 1.29 is 32.8 Å². The maximum absolute atomic E-state index is 12.6. The van der Waals surface area contributed by atoms with E-state index in [4.69, 9.17) is 24.3 Å². The quantitative estimate of drug-likeness (QED) is 0.0276. The Morgan fingerprint density at radius 2 is 1.08 bits per heavy atom. The number of esters is 1. The Hall–Kier alpha value is -1.80. The van der Waals surface area contributed by atoms with Gasteiger partial charge in [-0.2, -0.15) is 0 Å². The topological polar surface area (TPSA) is 117 Å². The molecule has 0 aromatic heterocycles. The number of phosphoric ester groups is 1. The molecule has 0 saturated heterocycles. The van der Waals surface area contributed by atoms with Crippen molar-refractivity contribution >= 4 is 13.8 Å². The first-order valence-electron chi connectivity index (χ1n) is 20.8. The van der Waals surface area contributed by atoms with Crippen molar-refractivity contribution in [2.75, 3.05) is 33.0 Å². The highest BCUT2D eigenvalue weighted by atomic mass is 31.2. The zero-order chi connectivity index (χ0) is 38.1. The number of hydrogen-bond donors (Lipinski definition) is 2. The summed E-state index contributed by atoms with van der Waals surface area (Å²) in [5, 5.41) is 0. The van der Waals surface area contributed by atoms with Crippen LogP contribution in [0.3, 0.4) is 0 Å². The Morgan fingerprint density at radius 1 is 0.596 bits per heavy atom. The van der Waals surface area contributed by atoms with Crippen LogP contribution in [0.25, 0.3) is 0 Å². The first kappa shape index (κ1) is 50.2. The fraction of sp³-hybridized carbons (Fsp3) is 0.744. The van der Waals surface area contributed by atoms with Crippen LogP contribution >= 0.6 is 7.82 Å². The lowest BCUT2D eigenvalue weighted by atomic mass is 10.1. The molecule has 9 heteroatoms. The number of unbranched alkanes of at least 4 members (excludes halogenated alkanes) is 16. The Morgan fingerprint density at radius 3 is 1.62 bits per heavy atom. The van der Waals surface area contributed by atoms with Crippen LogP contribution in [-0.4, -0.2) is 49.9 Å². The van der Waals surface area contributed by atoms with Gasteiger partial charge >= 0.3 is 13.8 Å². The van der Waals surface area contributed by atoms with Crippen molar-refractivity contribution in [2.45, 2.75) is 174 Å². The van der Waals surface area contributed by atoms with Gasteiger partial charge in [-0.05, 0) is 77.0 Å². The number of nitrogens with two attached hydrogens (primary N) is 1. The second-order valence-corrected chi connectivity index (χ2v) is 14.9. The minimum atomic E-state index is -4.28. The van der Waals surface area contributed by atoms with E-state index in [2.05, 4.69) is 74.6 Å². The predicted octanol–water partition coefficient (Wildman–Crippen LogP) is 12.2. The Bertz CT molecular complexity index is 979.